The van der Waals surface area contributed by atoms with E-state index in [4.69, 9.17) is 0 Å². The normalized spacial score (nSPS) is 13.7. The Morgan fingerprint density at radius 3 is 2.56 bits per heavy atom. The largest absolute Gasteiger partial charge is 0.494 e. The first-order chi connectivity index (χ1) is 20.9. The highest BCUT2D eigenvalue weighted by Gasteiger charge is 2.17. The third-order valence-electron chi connectivity index (χ3n) is 7.78. The summed E-state index contributed by atoms with van der Waals surface area (Å²) in [5, 5.41) is 18.6. The van der Waals surface area contributed by atoms with E-state index in [-0.39, 0.29) is 17.6 Å². The molecule has 3 aromatic carbocycles. The number of ketones is 1. The number of aromatic hydroxyl groups is 1. The van der Waals surface area contributed by atoms with Gasteiger partial charge in [0.1, 0.15) is 5.69 Å². The van der Waals surface area contributed by atoms with E-state index in [0.29, 0.717) is 40.1 Å². The van der Waals surface area contributed by atoms with E-state index in [1.807, 2.05) is 26.0 Å². The second-order valence-corrected chi connectivity index (χ2v) is 10.9. The first-order valence-corrected chi connectivity index (χ1v) is 14.6. The summed E-state index contributed by atoms with van der Waals surface area (Å²) in [5.41, 5.74) is 5.86. The van der Waals surface area contributed by atoms with E-state index in [1.54, 1.807) is 59.4 Å². The minimum atomic E-state index is -0.289. The van der Waals surface area contributed by atoms with Crippen molar-refractivity contribution in [3.8, 4) is 5.88 Å². The predicted molar refractivity (Wildman–Crippen MR) is 169 cm³/mol. The zero-order chi connectivity index (χ0) is 29.9. The lowest BCUT2D eigenvalue weighted by atomic mass is 10.0. The Morgan fingerprint density at radius 1 is 1.02 bits per heavy atom. The monoisotopic (exact) mass is 574 g/mol. The molecule has 3 heterocycles. The fourth-order valence-electron chi connectivity index (χ4n) is 5.57. The van der Waals surface area contributed by atoms with Gasteiger partial charge in [-0.05, 0) is 81.7 Å². The first kappa shape index (κ1) is 28.1. The molecule has 9 heteroatoms. The zero-order valence-electron chi connectivity index (χ0n) is 24.3. The van der Waals surface area contributed by atoms with E-state index >= 15 is 0 Å². The van der Waals surface area contributed by atoms with Crippen LogP contribution in [0.4, 0.5) is 11.4 Å². The van der Waals surface area contributed by atoms with Crippen molar-refractivity contribution in [1.29, 1.82) is 0 Å². The summed E-state index contributed by atoms with van der Waals surface area (Å²) in [7, 11) is 0. The second-order valence-electron chi connectivity index (χ2n) is 10.9. The third kappa shape index (κ3) is 6.12. The van der Waals surface area contributed by atoms with E-state index in [9.17, 15) is 14.7 Å². The van der Waals surface area contributed by atoms with Crippen LogP contribution in [0.25, 0.3) is 10.9 Å². The molecule has 0 atom stereocenters. The van der Waals surface area contributed by atoms with Crippen molar-refractivity contribution >= 4 is 40.2 Å². The Labute approximate surface area is 249 Å². The molecule has 43 heavy (non-hydrogen) atoms. The molecule has 0 spiro atoms. The topological polar surface area (TPSA) is 116 Å². The van der Waals surface area contributed by atoms with Crippen LogP contribution in [0.15, 0.2) is 77.8 Å². The standard InChI is InChI=1S/C34H34N6O3/c1-3-40-31(17-22(2)38-40)34(43)36-27-8-6-7-24(18-27)32(41)25-11-14-28-29(33(42)37-30(28)19-25)20-35-26-12-9-23(10-13-26)21-39-15-4-5-16-39/h6-14,17-20,37,42H,3-5,15-16,21H2,1-2H3,(H,36,43). The van der Waals surface area contributed by atoms with Gasteiger partial charge < -0.3 is 15.4 Å². The molecule has 2 aromatic heterocycles. The average molecular weight is 575 g/mol. The highest BCUT2D eigenvalue weighted by Crippen LogP contribution is 2.28. The number of H-pyrrole nitrogens is 1. The quantitative estimate of drug-likeness (QED) is 0.143. The fraction of sp³-hybridized carbons (Fsp3) is 0.235. The van der Waals surface area contributed by atoms with Gasteiger partial charge in [0.05, 0.1) is 16.9 Å². The van der Waals surface area contributed by atoms with Gasteiger partial charge in [0, 0.05) is 47.0 Å². The molecular weight excluding hydrogens is 540 g/mol. The van der Waals surface area contributed by atoms with Gasteiger partial charge in [0.2, 0.25) is 0 Å². The number of hydrogen-bond donors (Lipinski definition) is 3. The molecule has 0 saturated carbocycles. The highest BCUT2D eigenvalue weighted by atomic mass is 16.3. The van der Waals surface area contributed by atoms with Crippen LogP contribution in [-0.2, 0) is 13.1 Å². The Morgan fingerprint density at radius 2 is 1.79 bits per heavy atom. The number of aromatic nitrogens is 3. The van der Waals surface area contributed by atoms with Gasteiger partial charge >= 0.3 is 0 Å². The number of carbonyl (C=O) groups is 2. The summed E-state index contributed by atoms with van der Waals surface area (Å²) in [6.07, 6.45) is 4.18. The molecule has 0 aliphatic carbocycles. The molecule has 3 N–H and O–H groups in total. The van der Waals surface area contributed by atoms with E-state index in [0.717, 1.165) is 36.4 Å². The molecule has 218 valence electrons. The van der Waals surface area contributed by atoms with E-state index in [1.165, 1.54) is 18.4 Å². The number of nitrogens with zero attached hydrogens (tertiary/aromatic N) is 4. The molecule has 0 unspecified atom stereocenters. The molecule has 0 bridgehead atoms. The van der Waals surface area contributed by atoms with Crippen LogP contribution in [0, 0.1) is 6.92 Å². The number of carbonyl (C=O) groups excluding carboxylic acids is 2. The van der Waals surface area contributed by atoms with Crippen molar-refractivity contribution in [3.63, 3.8) is 0 Å². The van der Waals surface area contributed by atoms with Crippen LogP contribution >= 0.6 is 0 Å². The smallest absolute Gasteiger partial charge is 0.273 e. The Bertz CT molecular complexity index is 1830. The predicted octanol–water partition coefficient (Wildman–Crippen LogP) is 6.23. The van der Waals surface area contributed by atoms with Crippen LogP contribution in [0.2, 0.25) is 0 Å². The molecule has 1 aliphatic heterocycles. The summed E-state index contributed by atoms with van der Waals surface area (Å²) in [6.45, 7) is 7.61. The van der Waals surface area contributed by atoms with Crippen LogP contribution in [0.3, 0.4) is 0 Å². The molecule has 1 fully saturated rings. The number of aliphatic imine (C=N–C) groups is 1. The number of amides is 1. The van der Waals surface area contributed by atoms with Gasteiger partial charge in [0.25, 0.3) is 5.91 Å². The lowest BCUT2D eigenvalue weighted by Crippen LogP contribution is -2.18. The number of aromatic amines is 1. The van der Waals surface area contributed by atoms with Gasteiger partial charge in [-0.3, -0.25) is 24.2 Å². The van der Waals surface area contributed by atoms with Gasteiger partial charge in [0.15, 0.2) is 11.7 Å². The first-order valence-electron chi connectivity index (χ1n) is 14.6. The number of nitrogens with one attached hydrogen (secondary N) is 2. The van der Waals surface area contributed by atoms with Gasteiger partial charge in [-0.2, -0.15) is 5.10 Å². The number of hydrogen-bond acceptors (Lipinski definition) is 6. The van der Waals surface area contributed by atoms with E-state index in [2.05, 4.69) is 37.4 Å². The summed E-state index contributed by atoms with van der Waals surface area (Å²) >= 11 is 0. The maximum Gasteiger partial charge on any atom is 0.273 e. The van der Waals surface area contributed by atoms with Crippen molar-refractivity contribution in [2.45, 2.75) is 39.8 Å². The Kier molecular flexibility index (Phi) is 7.89. The van der Waals surface area contributed by atoms with Crippen molar-refractivity contribution in [1.82, 2.24) is 19.7 Å². The molecule has 1 aliphatic rings. The SMILES string of the molecule is CCn1nc(C)cc1C(=O)Nc1cccc(C(=O)c2ccc3c(C=Nc4ccc(CN5CCCC5)cc4)c(O)[nH]c3c2)c1. The molecule has 1 amide bonds. The van der Waals surface area contributed by atoms with Crippen LogP contribution in [0.5, 0.6) is 5.88 Å². The lowest BCUT2D eigenvalue weighted by Gasteiger charge is -2.14. The van der Waals surface area contributed by atoms with Gasteiger partial charge in [-0.25, -0.2) is 0 Å². The Balaban J connectivity index is 1.17. The average Bonchev–Trinajstić information content (AvgIpc) is 3.74. The maximum absolute atomic E-state index is 13.4. The number of rotatable bonds is 9. The summed E-state index contributed by atoms with van der Waals surface area (Å²) < 4.78 is 1.64. The molecule has 5 aromatic rings. The van der Waals surface area contributed by atoms with Crippen molar-refractivity contribution in [2.24, 2.45) is 4.99 Å². The lowest BCUT2D eigenvalue weighted by molar-refractivity contribution is 0.101. The summed E-state index contributed by atoms with van der Waals surface area (Å²) in [4.78, 5) is 36.3. The maximum atomic E-state index is 13.4. The molecule has 1 saturated heterocycles. The number of fused-ring (bicyclic) bond motifs is 1. The van der Waals surface area contributed by atoms with Crippen LogP contribution < -0.4 is 5.32 Å². The fourth-order valence-corrected chi connectivity index (χ4v) is 5.57. The van der Waals surface area contributed by atoms with E-state index < -0.39 is 0 Å². The van der Waals surface area contributed by atoms with Crippen molar-refractivity contribution in [3.05, 3.63) is 106 Å². The molecule has 9 nitrogen and oxygen atoms in total. The number of aryl methyl sites for hydroxylation is 2. The molecular formula is C34H34N6O3. The number of likely N-dealkylation sites (tertiary alicyclic amines) is 1. The molecule has 0 radical (unpaired) electrons. The third-order valence-corrected chi connectivity index (χ3v) is 7.78. The highest BCUT2D eigenvalue weighted by molar-refractivity contribution is 6.13. The second kappa shape index (κ2) is 12.1. The van der Waals surface area contributed by atoms with Crippen LogP contribution in [0.1, 0.15) is 63.0 Å². The summed E-state index contributed by atoms with van der Waals surface area (Å²) in [5.74, 6) is -0.506. The summed E-state index contributed by atoms with van der Waals surface area (Å²) in [6, 6.07) is 22.0. The number of anilines is 1. The van der Waals surface area contributed by atoms with Crippen LogP contribution in [-0.4, -0.2) is 55.8 Å². The zero-order valence-corrected chi connectivity index (χ0v) is 24.3. The number of benzene rings is 3. The minimum absolute atomic E-state index is 0.0136. The van der Waals surface area contributed by atoms with Gasteiger partial charge in [-0.1, -0.05) is 36.4 Å². The molecule has 6 rings (SSSR count). The van der Waals surface area contributed by atoms with Crippen molar-refractivity contribution in [2.75, 3.05) is 18.4 Å². The Hall–Kier alpha value is -5.02. The van der Waals surface area contributed by atoms with Crippen molar-refractivity contribution < 1.29 is 14.7 Å². The minimum Gasteiger partial charge on any atom is -0.494 e. The van der Waals surface area contributed by atoms with Gasteiger partial charge in [-0.15, -0.1) is 0 Å².